The van der Waals surface area contributed by atoms with Gasteiger partial charge in [-0.05, 0) is 19.1 Å². The van der Waals surface area contributed by atoms with Crippen molar-refractivity contribution in [3.63, 3.8) is 0 Å². The molecule has 0 aliphatic carbocycles. The fourth-order valence-corrected chi connectivity index (χ4v) is 2.69. The molecule has 1 amide bonds. The maximum Gasteiger partial charge on any atom is 0.408 e. The number of anilines is 1. The summed E-state index contributed by atoms with van der Waals surface area (Å²) < 4.78 is 51.8. The van der Waals surface area contributed by atoms with E-state index in [2.05, 4.69) is 25.6 Å². The second kappa shape index (κ2) is 9.12. The summed E-state index contributed by atoms with van der Waals surface area (Å²) in [5.41, 5.74) is 0.286. The van der Waals surface area contributed by atoms with Crippen LogP contribution in [-0.4, -0.2) is 62.4 Å². The van der Waals surface area contributed by atoms with Crippen molar-refractivity contribution in [2.24, 2.45) is 0 Å². The Morgan fingerprint density at radius 2 is 2.06 bits per heavy atom. The van der Waals surface area contributed by atoms with Gasteiger partial charge in [-0.3, -0.25) is 9.48 Å². The van der Waals surface area contributed by atoms with Crippen LogP contribution in [-0.2, 0) is 11.3 Å². The highest BCUT2D eigenvalue weighted by atomic mass is 19.4. The van der Waals surface area contributed by atoms with Crippen LogP contribution < -0.4 is 10.1 Å². The quantitative estimate of drug-likeness (QED) is 0.575. The summed E-state index contributed by atoms with van der Waals surface area (Å²) >= 11 is 0. The van der Waals surface area contributed by atoms with E-state index in [1.54, 1.807) is 7.11 Å². The number of nitrogens with zero attached hydrogens (tertiary/aromatic N) is 6. The number of alkyl halides is 3. The van der Waals surface area contributed by atoms with Crippen LogP contribution in [0.4, 0.5) is 19.0 Å². The molecule has 0 bridgehead atoms. The van der Waals surface area contributed by atoms with E-state index in [1.807, 2.05) is 0 Å². The Kier molecular flexibility index (Phi) is 6.53. The zero-order chi connectivity index (χ0) is 22.6. The van der Waals surface area contributed by atoms with Gasteiger partial charge in [0.1, 0.15) is 29.4 Å². The Balaban J connectivity index is 1.83. The van der Waals surface area contributed by atoms with Gasteiger partial charge in [-0.1, -0.05) is 6.07 Å². The number of methoxy groups -OCH3 is 2. The smallest absolute Gasteiger partial charge is 0.408 e. The zero-order valence-corrected chi connectivity index (χ0v) is 16.9. The number of carbonyl (C=O) groups excluding carboxylic acids is 1. The van der Waals surface area contributed by atoms with Crippen LogP contribution in [0.25, 0.3) is 11.5 Å². The van der Waals surface area contributed by atoms with Gasteiger partial charge in [0.15, 0.2) is 5.82 Å². The SMILES string of the molecule is COCCn1cc(C(=O)Nc2cccc(-c3nncn3C(C)C(F)(F)F)n2)c(OC)n1. The minimum Gasteiger partial charge on any atom is -0.479 e. The molecule has 166 valence electrons. The highest BCUT2D eigenvalue weighted by Crippen LogP contribution is 2.32. The topological polar surface area (TPSA) is 109 Å². The van der Waals surface area contributed by atoms with Crippen molar-refractivity contribution in [1.29, 1.82) is 0 Å². The van der Waals surface area contributed by atoms with Gasteiger partial charge >= 0.3 is 6.18 Å². The third-order valence-electron chi connectivity index (χ3n) is 4.37. The molecule has 13 heteroatoms. The van der Waals surface area contributed by atoms with E-state index in [9.17, 15) is 18.0 Å². The van der Waals surface area contributed by atoms with Gasteiger partial charge in [-0.15, -0.1) is 15.3 Å². The first-order chi connectivity index (χ1) is 14.7. The van der Waals surface area contributed by atoms with Crippen molar-refractivity contribution in [2.45, 2.75) is 25.7 Å². The number of amides is 1. The van der Waals surface area contributed by atoms with Crippen LogP contribution in [0, 0.1) is 0 Å². The second-order valence-electron chi connectivity index (χ2n) is 6.45. The summed E-state index contributed by atoms with van der Waals surface area (Å²) in [6.07, 6.45) is -2.00. The highest BCUT2D eigenvalue weighted by Gasteiger charge is 2.38. The van der Waals surface area contributed by atoms with E-state index in [0.29, 0.717) is 13.2 Å². The van der Waals surface area contributed by atoms with Crippen molar-refractivity contribution < 1.29 is 27.4 Å². The lowest BCUT2D eigenvalue weighted by Crippen LogP contribution is -2.24. The molecule has 0 aliphatic heterocycles. The standard InChI is InChI=1S/C18H20F3N7O3/c1-11(18(19,20)21)28-10-22-25-15(28)13-5-4-6-14(23-13)24-16(29)12-9-27(7-8-30-2)26-17(12)31-3/h4-6,9-11H,7-8H2,1-3H3,(H,23,24,29). The van der Waals surface area contributed by atoms with E-state index in [0.717, 1.165) is 17.8 Å². The normalized spacial score (nSPS) is 12.6. The van der Waals surface area contributed by atoms with Crippen LogP contribution in [0.5, 0.6) is 5.88 Å². The molecule has 1 unspecified atom stereocenters. The van der Waals surface area contributed by atoms with Gasteiger partial charge in [0, 0.05) is 13.3 Å². The lowest BCUT2D eigenvalue weighted by Gasteiger charge is -2.18. The average molecular weight is 439 g/mol. The third-order valence-corrected chi connectivity index (χ3v) is 4.37. The van der Waals surface area contributed by atoms with Crippen molar-refractivity contribution in [3.05, 3.63) is 36.3 Å². The molecule has 0 aromatic carbocycles. The van der Waals surface area contributed by atoms with E-state index in [1.165, 1.54) is 36.2 Å². The van der Waals surface area contributed by atoms with Gasteiger partial charge in [0.05, 0.1) is 20.3 Å². The summed E-state index contributed by atoms with van der Waals surface area (Å²) in [7, 11) is 2.93. The van der Waals surface area contributed by atoms with Crippen molar-refractivity contribution in [3.8, 4) is 17.4 Å². The molecule has 0 saturated carbocycles. The first kappa shape index (κ1) is 22.2. The number of ether oxygens (including phenoxy) is 2. The first-order valence-electron chi connectivity index (χ1n) is 9.10. The number of carbonyl (C=O) groups is 1. The number of hydrogen-bond acceptors (Lipinski definition) is 7. The average Bonchev–Trinajstić information content (AvgIpc) is 3.38. The van der Waals surface area contributed by atoms with Crippen LogP contribution in [0.3, 0.4) is 0 Å². The molecule has 1 N–H and O–H groups in total. The lowest BCUT2D eigenvalue weighted by atomic mass is 10.2. The van der Waals surface area contributed by atoms with E-state index in [-0.39, 0.29) is 28.8 Å². The molecule has 3 rings (SSSR count). The van der Waals surface area contributed by atoms with Gasteiger partial charge in [-0.2, -0.15) is 13.2 Å². The van der Waals surface area contributed by atoms with E-state index < -0.39 is 18.1 Å². The van der Waals surface area contributed by atoms with Crippen molar-refractivity contribution in [1.82, 2.24) is 29.5 Å². The van der Waals surface area contributed by atoms with Crippen LogP contribution >= 0.6 is 0 Å². The van der Waals surface area contributed by atoms with Crippen molar-refractivity contribution >= 4 is 11.7 Å². The largest absolute Gasteiger partial charge is 0.479 e. The predicted molar refractivity (Wildman–Crippen MR) is 103 cm³/mol. The maximum absolute atomic E-state index is 13.1. The lowest BCUT2D eigenvalue weighted by molar-refractivity contribution is -0.162. The first-order valence-corrected chi connectivity index (χ1v) is 9.10. The summed E-state index contributed by atoms with van der Waals surface area (Å²) in [5, 5.41) is 14.1. The number of hydrogen-bond donors (Lipinski definition) is 1. The summed E-state index contributed by atoms with van der Waals surface area (Å²) in [6.45, 7) is 1.81. The monoisotopic (exact) mass is 439 g/mol. The molecule has 31 heavy (non-hydrogen) atoms. The van der Waals surface area contributed by atoms with Gasteiger partial charge in [0.2, 0.25) is 5.88 Å². The summed E-state index contributed by atoms with van der Waals surface area (Å²) in [5.74, 6) is -0.395. The minimum atomic E-state index is -4.48. The molecule has 3 aromatic heterocycles. The molecule has 3 aromatic rings. The molecular weight excluding hydrogens is 419 g/mol. The highest BCUT2D eigenvalue weighted by molar-refractivity contribution is 6.05. The van der Waals surface area contributed by atoms with E-state index in [4.69, 9.17) is 9.47 Å². The Morgan fingerprint density at radius 3 is 2.74 bits per heavy atom. The Labute approximate surface area is 175 Å². The molecule has 0 saturated heterocycles. The molecule has 0 fully saturated rings. The zero-order valence-electron chi connectivity index (χ0n) is 16.9. The molecule has 0 spiro atoms. The Hall–Kier alpha value is -3.48. The molecule has 0 radical (unpaired) electrons. The number of aromatic nitrogens is 6. The van der Waals surface area contributed by atoms with Crippen LogP contribution in [0.1, 0.15) is 23.3 Å². The Morgan fingerprint density at radius 1 is 1.29 bits per heavy atom. The Bertz CT molecular complexity index is 1050. The van der Waals surface area contributed by atoms with Gasteiger partial charge in [-0.25, -0.2) is 4.98 Å². The molecule has 3 heterocycles. The molecule has 10 nitrogen and oxygen atoms in total. The fourth-order valence-electron chi connectivity index (χ4n) is 2.69. The fraction of sp³-hybridized carbons (Fsp3) is 0.389. The molecular formula is C18H20F3N7O3. The molecule has 1 atom stereocenters. The number of nitrogens with one attached hydrogen (secondary N) is 1. The predicted octanol–water partition coefficient (Wildman–Crippen LogP) is 2.57. The van der Waals surface area contributed by atoms with E-state index >= 15 is 0 Å². The van der Waals surface area contributed by atoms with Crippen molar-refractivity contribution in [2.75, 3.05) is 26.1 Å². The van der Waals surface area contributed by atoms with Crippen LogP contribution in [0.15, 0.2) is 30.7 Å². The summed E-state index contributed by atoms with van der Waals surface area (Å²) in [6, 6.07) is 2.66. The number of halogens is 3. The maximum atomic E-state index is 13.1. The summed E-state index contributed by atoms with van der Waals surface area (Å²) in [4.78, 5) is 16.9. The third kappa shape index (κ3) is 4.99. The van der Waals surface area contributed by atoms with Gasteiger partial charge in [0.25, 0.3) is 5.91 Å². The van der Waals surface area contributed by atoms with Gasteiger partial charge < -0.3 is 19.4 Å². The molecule has 0 aliphatic rings. The van der Waals surface area contributed by atoms with Crippen LogP contribution in [0.2, 0.25) is 0 Å². The second-order valence-corrected chi connectivity index (χ2v) is 6.45. The number of rotatable bonds is 8. The minimum absolute atomic E-state index is 0.0779. The number of pyridine rings is 1.